The summed E-state index contributed by atoms with van der Waals surface area (Å²) in [7, 11) is -10.9. The lowest BCUT2D eigenvalue weighted by Crippen LogP contribution is -2.36. The molecule has 8 atom stereocenters. The highest BCUT2D eigenvalue weighted by atomic mass is 31.3. The van der Waals surface area contributed by atoms with Gasteiger partial charge in [-0.25, -0.2) is 13.9 Å². The van der Waals surface area contributed by atoms with Gasteiger partial charge in [-0.3, -0.25) is 23.2 Å². The Labute approximate surface area is 431 Å². The monoisotopic (exact) mass is 1070 g/mol. The number of rotatable bonds is 41. The molecule has 412 valence electrons. The molecule has 7 N–H and O–H groups in total. The number of aliphatic hydroxyl groups excluding tert-OH is 3. The van der Waals surface area contributed by atoms with Crippen LogP contribution in [0.4, 0.5) is 5.82 Å². The quantitative estimate of drug-likeness (QED) is 0.0117. The van der Waals surface area contributed by atoms with Crippen LogP contribution in [0, 0.1) is 0 Å². The number of aliphatic hydroxyl groups is 3. The number of carbonyl (C=O) groups excluding carboxylic acids is 2. The van der Waals surface area contributed by atoms with Gasteiger partial charge in [0, 0.05) is 19.0 Å². The molecule has 1 saturated heterocycles. The predicted octanol–water partition coefficient (Wildman–Crippen LogP) is 9.64. The van der Waals surface area contributed by atoms with E-state index in [0.717, 1.165) is 75.0 Å². The highest BCUT2D eigenvalue weighted by molar-refractivity contribution is 7.61. The van der Waals surface area contributed by atoms with Crippen molar-refractivity contribution in [3.05, 3.63) is 108 Å². The molecule has 0 saturated carbocycles. The number of anilines is 1. The molecule has 0 aromatic carbocycles. The molecule has 0 aliphatic carbocycles. The molecule has 1 aromatic heterocycles. The number of esters is 2. The van der Waals surface area contributed by atoms with Gasteiger partial charge < -0.3 is 45.1 Å². The van der Waals surface area contributed by atoms with Gasteiger partial charge >= 0.3 is 33.3 Å². The number of aromatic nitrogens is 2. The highest BCUT2D eigenvalue weighted by Gasteiger charge is 2.46. The summed E-state index contributed by atoms with van der Waals surface area (Å²) >= 11 is 0. The van der Waals surface area contributed by atoms with Crippen molar-refractivity contribution in [1.29, 1.82) is 0 Å². The summed E-state index contributed by atoms with van der Waals surface area (Å²) in [5.41, 5.74) is 4.57. The second kappa shape index (κ2) is 39.3. The lowest BCUT2D eigenvalue weighted by atomic mass is 10.1. The minimum absolute atomic E-state index is 0.0918. The zero-order valence-electron chi connectivity index (χ0n) is 42.8. The number of hydrogen-bond donors (Lipinski definition) is 6. The average Bonchev–Trinajstić information content (AvgIpc) is 3.62. The van der Waals surface area contributed by atoms with E-state index in [9.17, 15) is 48.6 Å². The smallest absolute Gasteiger partial charge is 0.462 e. The third-order valence-electron chi connectivity index (χ3n) is 11.1. The maximum absolute atomic E-state index is 12.9. The van der Waals surface area contributed by atoms with Crippen LogP contribution < -0.4 is 11.4 Å². The molecule has 0 radical (unpaired) electrons. The Hall–Kier alpha value is -4.10. The number of nitrogens with zero attached hydrogens (tertiary/aromatic N) is 2. The Bertz CT molecular complexity index is 2070. The second-order valence-electron chi connectivity index (χ2n) is 17.5. The standard InChI is InChI=1S/C52H83N3O16P2/c1-3-5-7-9-11-12-13-14-15-16-17-21-24-28-32-36-47(57)66-40-44(69-48(58)37-33-29-25-22-19-18-20-23-27-31-35-43(56)34-30-26-10-8-6-4-2)41-67-72(62,63)71-73(64,65)68-42-45-49(59)50(60)51(70-45)55-39-38-46(53)54-52(55)61/h6,8,12-13,18-19,23,25-27,29-31,35,38-39,43-45,49-51,56,59-60H,3-5,7,9-11,14-17,20-22,24,28,32-34,36-37,40-42H2,1-2H3,(H,62,63)(H,64,65)(H2,53,54,61)/b8-6-,13-12-,19-18-,27-23-,29-25-,30-26-,35-31+/t43?,44-,45-,49-,50-,51-/m1/s1. The van der Waals surface area contributed by atoms with E-state index >= 15 is 0 Å². The predicted molar refractivity (Wildman–Crippen MR) is 281 cm³/mol. The third-order valence-corrected chi connectivity index (χ3v) is 13.7. The van der Waals surface area contributed by atoms with Gasteiger partial charge in [-0.1, -0.05) is 150 Å². The fourth-order valence-corrected chi connectivity index (χ4v) is 9.17. The Morgan fingerprint density at radius 1 is 0.740 bits per heavy atom. The van der Waals surface area contributed by atoms with Crippen molar-refractivity contribution in [3.8, 4) is 0 Å². The number of ether oxygens (including phenoxy) is 3. The van der Waals surface area contributed by atoms with Gasteiger partial charge in [0.25, 0.3) is 0 Å². The van der Waals surface area contributed by atoms with E-state index in [0.29, 0.717) is 25.7 Å². The number of nitrogens with two attached hydrogens (primary N) is 1. The molecule has 1 fully saturated rings. The van der Waals surface area contributed by atoms with E-state index in [1.807, 2.05) is 48.6 Å². The molecule has 19 nitrogen and oxygen atoms in total. The Morgan fingerprint density at radius 2 is 1.34 bits per heavy atom. The van der Waals surface area contributed by atoms with Crippen molar-refractivity contribution < 1.29 is 71.4 Å². The number of phosphoric ester groups is 2. The summed E-state index contributed by atoms with van der Waals surface area (Å²) in [4.78, 5) is 61.9. The fraction of sp³-hybridized carbons (Fsp3) is 0.615. The topological polar surface area (TPSA) is 286 Å². The van der Waals surface area contributed by atoms with Crippen molar-refractivity contribution in [2.45, 2.75) is 185 Å². The number of phosphoric acid groups is 2. The van der Waals surface area contributed by atoms with E-state index in [1.165, 1.54) is 31.7 Å². The molecule has 3 unspecified atom stereocenters. The molecule has 1 aromatic rings. The summed E-state index contributed by atoms with van der Waals surface area (Å²) in [6.07, 6.45) is 38.4. The number of allylic oxidation sites excluding steroid dienone is 12. The van der Waals surface area contributed by atoms with Gasteiger partial charge in [0.1, 0.15) is 30.7 Å². The third kappa shape index (κ3) is 32.1. The van der Waals surface area contributed by atoms with E-state index in [2.05, 4.69) is 47.4 Å². The normalized spacial score (nSPS) is 20.1. The van der Waals surface area contributed by atoms with Gasteiger partial charge in [-0.05, 0) is 76.7 Å². The summed E-state index contributed by atoms with van der Waals surface area (Å²) in [5.74, 6) is -1.44. The van der Waals surface area contributed by atoms with Crippen molar-refractivity contribution in [3.63, 3.8) is 0 Å². The minimum atomic E-state index is -5.46. The van der Waals surface area contributed by atoms with Crippen LogP contribution in [0.1, 0.15) is 155 Å². The maximum Gasteiger partial charge on any atom is 0.481 e. The molecule has 1 aliphatic heterocycles. The van der Waals surface area contributed by atoms with Gasteiger partial charge in [0.15, 0.2) is 12.3 Å². The molecule has 1 aliphatic rings. The average molecular weight is 1070 g/mol. The zero-order chi connectivity index (χ0) is 53.6. The van der Waals surface area contributed by atoms with Crippen LogP contribution in [0.2, 0.25) is 0 Å². The van der Waals surface area contributed by atoms with Crippen LogP contribution in [-0.4, -0.2) is 96.9 Å². The van der Waals surface area contributed by atoms with E-state index in [4.69, 9.17) is 29.0 Å². The molecule has 2 rings (SSSR count). The molecule has 0 amide bonds. The number of unbranched alkanes of at least 4 members (excludes halogenated alkanes) is 11. The Balaban J connectivity index is 1.85. The molecular formula is C52H83N3O16P2. The van der Waals surface area contributed by atoms with E-state index in [-0.39, 0.29) is 25.1 Å². The summed E-state index contributed by atoms with van der Waals surface area (Å²) in [5, 5.41) is 31.0. The van der Waals surface area contributed by atoms with Gasteiger partial charge in [-0.15, -0.1) is 0 Å². The fourth-order valence-electron chi connectivity index (χ4n) is 7.06. The molecular weight excluding hydrogens is 985 g/mol. The molecule has 2 heterocycles. The molecule has 21 heteroatoms. The first-order valence-electron chi connectivity index (χ1n) is 25.7. The first-order valence-corrected chi connectivity index (χ1v) is 28.7. The lowest BCUT2D eigenvalue weighted by molar-refractivity contribution is -0.161. The van der Waals surface area contributed by atoms with Crippen molar-refractivity contribution >= 4 is 33.4 Å². The Kier molecular flexibility index (Phi) is 35.0. The van der Waals surface area contributed by atoms with Crippen LogP contribution in [-0.2, 0) is 46.3 Å². The molecule has 0 spiro atoms. The van der Waals surface area contributed by atoms with Crippen LogP contribution in [0.15, 0.2) is 102 Å². The van der Waals surface area contributed by atoms with Crippen molar-refractivity contribution in [2.75, 3.05) is 25.6 Å². The summed E-state index contributed by atoms with van der Waals surface area (Å²) in [6, 6.07) is 1.24. The van der Waals surface area contributed by atoms with Crippen LogP contribution >= 0.6 is 15.6 Å². The van der Waals surface area contributed by atoms with Crippen molar-refractivity contribution in [2.24, 2.45) is 0 Å². The van der Waals surface area contributed by atoms with Crippen LogP contribution in [0.3, 0.4) is 0 Å². The maximum atomic E-state index is 12.9. The SMILES string of the molecule is CC/C=C\C/C=C\CC(O)/C=C/C=C\C/C=C\C/C=C\CCC(=O)O[C@H](COC(=O)CCCCCCCCC/C=C\CCCCCC)COP(=O)(O)OP(=O)(O)OC[C@H]1O[C@@H](n2ccc(N)nc2=O)[C@H](O)[C@@H]1O. The first kappa shape index (κ1) is 65.0. The number of nitrogen functional groups attached to an aromatic ring is 1. The van der Waals surface area contributed by atoms with Gasteiger partial charge in [0.05, 0.1) is 19.3 Å². The van der Waals surface area contributed by atoms with Gasteiger partial charge in [-0.2, -0.15) is 9.29 Å². The van der Waals surface area contributed by atoms with Crippen LogP contribution in [0.25, 0.3) is 0 Å². The van der Waals surface area contributed by atoms with Crippen LogP contribution in [0.5, 0.6) is 0 Å². The van der Waals surface area contributed by atoms with E-state index in [1.54, 1.807) is 12.2 Å². The molecule has 73 heavy (non-hydrogen) atoms. The van der Waals surface area contributed by atoms with Crippen molar-refractivity contribution in [1.82, 2.24) is 9.55 Å². The first-order chi connectivity index (χ1) is 35.1. The minimum Gasteiger partial charge on any atom is -0.462 e. The Morgan fingerprint density at radius 3 is 2.03 bits per heavy atom. The number of hydrogen-bond acceptors (Lipinski definition) is 16. The summed E-state index contributed by atoms with van der Waals surface area (Å²) in [6.45, 7) is 1.87. The lowest BCUT2D eigenvalue weighted by Gasteiger charge is -2.21. The van der Waals surface area contributed by atoms with Gasteiger partial charge in [0.2, 0.25) is 0 Å². The number of carbonyl (C=O) groups is 2. The largest absolute Gasteiger partial charge is 0.481 e. The van der Waals surface area contributed by atoms with E-state index < -0.39 is 89.8 Å². The second-order valence-corrected chi connectivity index (χ2v) is 20.5. The highest BCUT2D eigenvalue weighted by Crippen LogP contribution is 2.60. The molecule has 0 bridgehead atoms. The summed E-state index contributed by atoms with van der Waals surface area (Å²) < 4.78 is 56.7. The zero-order valence-corrected chi connectivity index (χ0v) is 44.6.